The molecule has 0 bridgehead atoms. The molecule has 0 spiro atoms. The zero-order valence-electron chi connectivity index (χ0n) is 15.6. The molecule has 1 unspecified atom stereocenters. The number of ether oxygens (including phenoxy) is 4. The van der Waals surface area contributed by atoms with Crippen LogP contribution < -0.4 is 0 Å². The van der Waals surface area contributed by atoms with Crippen LogP contribution in [-0.4, -0.2) is 61.7 Å². The Balaban J connectivity index is 2.37. The summed E-state index contributed by atoms with van der Waals surface area (Å²) in [5.41, 5.74) is -1.45. The molecule has 4 atom stereocenters. The van der Waals surface area contributed by atoms with E-state index in [4.69, 9.17) is 18.9 Å². The molecule has 1 aromatic heterocycles. The van der Waals surface area contributed by atoms with Gasteiger partial charge in [0, 0.05) is 33.4 Å². The van der Waals surface area contributed by atoms with Crippen molar-refractivity contribution in [3.63, 3.8) is 0 Å². The van der Waals surface area contributed by atoms with Crippen molar-refractivity contribution in [3.05, 3.63) is 24.4 Å². The summed E-state index contributed by atoms with van der Waals surface area (Å²) < 4.78 is 46.6. The summed E-state index contributed by atoms with van der Waals surface area (Å²) in [4.78, 5) is 38.0. The van der Waals surface area contributed by atoms with Crippen LogP contribution in [0, 0.1) is 0 Å². The number of carbonyl (C=O) groups is 3. The molecule has 2 heterocycles. The van der Waals surface area contributed by atoms with Crippen molar-refractivity contribution < 1.29 is 41.7 Å². The van der Waals surface area contributed by atoms with Gasteiger partial charge in [-0.25, -0.2) is 13.4 Å². The number of aromatic nitrogens is 1. The normalized spacial score (nSPS) is 24.8. The Kier molecular flexibility index (Phi) is 7.08. The molecule has 1 aliphatic rings. The molecular weight excluding hydrogens is 394 g/mol. The first-order valence-electron chi connectivity index (χ1n) is 8.39. The van der Waals surface area contributed by atoms with Crippen molar-refractivity contribution in [2.24, 2.45) is 0 Å². The third kappa shape index (κ3) is 5.49. The number of pyridine rings is 1. The van der Waals surface area contributed by atoms with Gasteiger partial charge in [0.15, 0.2) is 16.6 Å². The van der Waals surface area contributed by atoms with E-state index >= 15 is 0 Å². The van der Waals surface area contributed by atoms with Crippen LogP contribution in [0.1, 0.15) is 27.2 Å². The molecule has 0 radical (unpaired) electrons. The number of hydrogen-bond acceptors (Lipinski definition) is 10. The monoisotopic (exact) mass is 415 g/mol. The van der Waals surface area contributed by atoms with Gasteiger partial charge in [-0.05, 0) is 12.1 Å². The molecule has 0 aliphatic carbocycles. The summed E-state index contributed by atoms with van der Waals surface area (Å²) >= 11 is 0. The van der Waals surface area contributed by atoms with Gasteiger partial charge in [-0.1, -0.05) is 6.07 Å². The fourth-order valence-corrected chi connectivity index (χ4v) is 4.22. The van der Waals surface area contributed by atoms with Crippen LogP contribution in [0.3, 0.4) is 0 Å². The summed E-state index contributed by atoms with van der Waals surface area (Å²) in [7, 11) is -4.06. The van der Waals surface area contributed by atoms with Crippen LogP contribution in [0.2, 0.25) is 0 Å². The molecule has 28 heavy (non-hydrogen) atoms. The Bertz CT molecular complexity index is 824. The van der Waals surface area contributed by atoms with Gasteiger partial charge in [-0.2, -0.15) is 0 Å². The molecule has 0 saturated carbocycles. The van der Waals surface area contributed by atoms with E-state index in [1.54, 1.807) is 6.07 Å². The van der Waals surface area contributed by atoms with E-state index in [9.17, 15) is 22.8 Å². The van der Waals surface area contributed by atoms with Crippen LogP contribution in [0.15, 0.2) is 29.4 Å². The van der Waals surface area contributed by atoms with Crippen LogP contribution in [0.4, 0.5) is 0 Å². The number of sulfone groups is 1. The first-order chi connectivity index (χ1) is 13.1. The smallest absolute Gasteiger partial charge is 0.303 e. The Hall–Kier alpha value is -2.53. The fourth-order valence-electron chi connectivity index (χ4n) is 2.75. The molecule has 154 valence electrons. The Morgan fingerprint density at radius 2 is 1.79 bits per heavy atom. The lowest BCUT2D eigenvalue weighted by molar-refractivity contribution is -0.205. The summed E-state index contributed by atoms with van der Waals surface area (Å²) in [5, 5.41) is -0.223. The highest BCUT2D eigenvalue weighted by molar-refractivity contribution is 7.91. The standard InChI is InChI=1S/C17H21NO9S/c1-10(19)24-9-14-17(26-12(3)21)13(25-11(2)20)8-16(27-14)28(22,23)15-6-4-5-7-18-15/h4-7,13-14,16-17H,8-9H2,1-3H3/t13-,14-,16?,17+/m1/s1. The Labute approximate surface area is 162 Å². The van der Waals surface area contributed by atoms with Crippen molar-refractivity contribution in [1.82, 2.24) is 4.98 Å². The van der Waals surface area contributed by atoms with E-state index in [0.717, 1.165) is 20.8 Å². The molecule has 0 N–H and O–H groups in total. The molecule has 11 heteroatoms. The molecule has 10 nitrogen and oxygen atoms in total. The molecule has 1 fully saturated rings. The largest absolute Gasteiger partial charge is 0.463 e. The maximum Gasteiger partial charge on any atom is 0.303 e. The number of nitrogens with zero attached hydrogens (tertiary/aromatic N) is 1. The van der Waals surface area contributed by atoms with Gasteiger partial charge in [0.2, 0.25) is 9.84 Å². The number of esters is 3. The summed E-state index contributed by atoms with van der Waals surface area (Å²) in [6.45, 7) is 3.06. The minimum Gasteiger partial charge on any atom is -0.463 e. The van der Waals surface area contributed by atoms with Crippen molar-refractivity contribution in [3.8, 4) is 0 Å². The first-order valence-corrected chi connectivity index (χ1v) is 9.94. The average molecular weight is 415 g/mol. The van der Waals surface area contributed by atoms with Crippen molar-refractivity contribution in [2.45, 2.75) is 56.0 Å². The first kappa shape index (κ1) is 21.8. The average Bonchev–Trinajstić information content (AvgIpc) is 2.61. The van der Waals surface area contributed by atoms with E-state index in [2.05, 4.69) is 4.98 Å². The second-order valence-electron chi connectivity index (χ2n) is 6.08. The highest BCUT2D eigenvalue weighted by Crippen LogP contribution is 2.31. The van der Waals surface area contributed by atoms with Gasteiger partial charge in [0.1, 0.15) is 18.8 Å². The van der Waals surface area contributed by atoms with E-state index < -0.39 is 51.5 Å². The topological polar surface area (TPSA) is 135 Å². The van der Waals surface area contributed by atoms with Crippen LogP contribution >= 0.6 is 0 Å². The number of rotatable bonds is 6. The molecular formula is C17H21NO9S. The fraction of sp³-hybridized carbons (Fsp3) is 0.529. The predicted octanol–water partition coefficient (Wildman–Crippen LogP) is 0.397. The predicted molar refractivity (Wildman–Crippen MR) is 92.4 cm³/mol. The minimum atomic E-state index is -4.06. The molecule has 1 aromatic rings. The van der Waals surface area contributed by atoms with Gasteiger partial charge in [-0.3, -0.25) is 14.4 Å². The third-order valence-corrected chi connectivity index (χ3v) is 5.65. The van der Waals surface area contributed by atoms with Crippen LogP contribution in [0.5, 0.6) is 0 Å². The molecule has 2 rings (SSSR count). The van der Waals surface area contributed by atoms with Gasteiger partial charge in [-0.15, -0.1) is 0 Å². The maximum atomic E-state index is 12.9. The summed E-state index contributed by atoms with van der Waals surface area (Å²) in [5.74, 6) is -2.02. The Morgan fingerprint density at radius 3 is 2.32 bits per heavy atom. The number of carbonyl (C=O) groups excluding carboxylic acids is 3. The lowest BCUT2D eigenvalue weighted by atomic mass is 10.0. The van der Waals surface area contributed by atoms with E-state index in [1.165, 1.54) is 18.3 Å². The maximum absolute atomic E-state index is 12.9. The van der Waals surface area contributed by atoms with Crippen LogP contribution in [-0.2, 0) is 43.2 Å². The van der Waals surface area contributed by atoms with Crippen molar-refractivity contribution in [2.75, 3.05) is 6.61 Å². The van der Waals surface area contributed by atoms with Gasteiger partial charge < -0.3 is 18.9 Å². The van der Waals surface area contributed by atoms with E-state index in [-0.39, 0.29) is 18.1 Å². The van der Waals surface area contributed by atoms with E-state index in [0.29, 0.717) is 0 Å². The molecule has 0 amide bonds. The number of hydrogen-bond donors (Lipinski definition) is 0. The zero-order valence-corrected chi connectivity index (χ0v) is 16.4. The third-order valence-electron chi connectivity index (χ3n) is 3.83. The summed E-state index contributed by atoms with van der Waals surface area (Å²) in [6, 6.07) is 4.37. The Morgan fingerprint density at radius 1 is 1.11 bits per heavy atom. The molecule has 1 aliphatic heterocycles. The second-order valence-corrected chi connectivity index (χ2v) is 8.11. The highest BCUT2D eigenvalue weighted by Gasteiger charge is 2.48. The van der Waals surface area contributed by atoms with Gasteiger partial charge in [0.25, 0.3) is 0 Å². The zero-order chi connectivity index (χ0) is 20.9. The molecule has 1 saturated heterocycles. The highest BCUT2D eigenvalue weighted by atomic mass is 32.2. The SMILES string of the molecule is CC(=O)OC[C@H]1OC(S(=O)(=O)c2ccccn2)C[C@@H](OC(C)=O)[C@@H]1OC(C)=O. The second kappa shape index (κ2) is 9.11. The molecule has 0 aromatic carbocycles. The minimum absolute atomic E-state index is 0.223. The quantitative estimate of drug-likeness (QED) is 0.474. The van der Waals surface area contributed by atoms with Crippen molar-refractivity contribution in [1.29, 1.82) is 0 Å². The van der Waals surface area contributed by atoms with Gasteiger partial charge in [0.05, 0.1) is 0 Å². The lowest BCUT2D eigenvalue weighted by Crippen LogP contribution is -2.55. The van der Waals surface area contributed by atoms with E-state index in [1.807, 2.05) is 0 Å². The van der Waals surface area contributed by atoms with Crippen molar-refractivity contribution >= 4 is 27.7 Å². The van der Waals surface area contributed by atoms with Gasteiger partial charge >= 0.3 is 17.9 Å². The lowest BCUT2D eigenvalue weighted by Gasteiger charge is -2.39. The summed E-state index contributed by atoms with van der Waals surface area (Å²) in [6.07, 6.45) is -2.38. The van der Waals surface area contributed by atoms with Crippen LogP contribution in [0.25, 0.3) is 0 Å².